The van der Waals surface area contributed by atoms with Gasteiger partial charge in [-0.2, -0.15) is 0 Å². The van der Waals surface area contributed by atoms with E-state index in [-0.39, 0.29) is 12.1 Å². The second-order valence-corrected chi connectivity index (χ2v) is 6.52. The Hall–Kier alpha value is -2.49. The van der Waals surface area contributed by atoms with Gasteiger partial charge in [0.05, 0.1) is 0 Å². The van der Waals surface area contributed by atoms with Crippen LogP contribution in [0, 0.1) is 0 Å². The van der Waals surface area contributed by atoms with Gasteiger partial charge in [0.1, 0.15) is 0 Å². The predicted molar refractivity (Wildman–Crippen MR) is 114 cm³/mol. The SMILES string of the molecule is CCN(CC)c1ccc(C(OC(C)=O)c2ccc(N(CC)CC)cc2)cc1. The lowest BCUT2D eigenvalue weighted by molar-refractivity contribution is -0.144. The number of nitrogens with zero attached hydrogens (tertiary/aromatic N) is 2. The number of hydrogen-bond acceptors (Lipinski definition) is 4. The molecule has 0 bridgehead atoms. The molecule has 2 rings (SSSR count). The normalized spacial score (nSPS) is 10.7. The van der Waals surface area contributed by atoms with Crippen molar-refractivity contribution in [2.45, 2.75) is 40.7 Å². The minimum atomic E-state index is -0.390. The number of anilines is 2. The van der Waals surface area contributed by atoms with E-state index in [1.54, 1.807) is 0 Å². The van der Waals surface area contributed by atoms with Gasteiger partial charge in [0, 0.05) is 44.5 Å². The Balaban J connectivity index is 2.31. The summed E-state index contributed by atoms with van der Waals surface area (Å²) in [6.07, 6.45) is -0.390. The molecule has 2 aromatic carbocycles. The van der Waals surface area contributed by atoms with E-state index in [1.807, 2.05) is 0 Å². The maximum Gasteiger partial charge on any atom is 0.303 e. The maximum atomic E-state index is 11.7. The Morgan fingerprint density at radius 2 is 1.07 bits per heavy atom. The highest BCUT2D eigenvalue weighted by molar-refractivity contribution is 5.67. The van der Waals surface area contributed by atoms with Gasteiger partial charge in [-0.05, 0) is 63.1 Å². The van der Waals surface area contributed by atoms with Crippen LogP contribution in [0.5, 0.6) is 0 Å². The van der Waals surface area contributed by atoms with Crippen LogP contribution in [0.2, 0.25) is 0 Å². The maximum absolute atomic E-state index is 11.7. The summed E-state index contributed by atoms with van der Waals surface area (Å²) in [6.45, 7) is 13.9. The van der Waals surface area contributed by atoms with Crippen LogP contribution in [0.15, 0.2) is 48.5 Å². The van der Waals surface area contributed by atoms with E-state index in [4.69, 9.17) is 4.74 Å². The van der Waals surface area contributed by atoms with Gasteiger partial charge in [-0.3, -0.25) is 4.79 Å². The van der Waals surface area contributed by atoms with Crippen molar-refractivity contribution in [2.24, 2.45) is 0 Å². The third kappa shape index (κ3) is 5.25. The zero-order valence-electron chi connectivity index (χ0n) is 17.2. The van der Waals surface area contributed by atoms with Crippen LogP contribution in [0.4, 0.5) is 11.4 Å². The summed E-state index contributed by atoms with van der Waals surface area (Å²) >= 11 is 0. The molecule has 0 saturated carbocycles. The monoisotopic (exact) mass is 368 g/mol. The molecule has 146 valence electrons. The number of benzene rings is 2. The first-order chi connectivity index (χ1) is 13.0. The van der Waals surface area contributed by atoms with Crippen LogP contribution in [0.3, 0.4) is 0 Å². The molecule has 0 aliphatic heterocycles. The summed E-state index contributed by atoms with van der Waals surface area (Å²) in [5.41, 5.74) is 4.33. The standard InChI is InChI=1S/C23H32N2O2/c1-6-24(7-2)21-14-10-19(11-15-21)23(27-18(5)26)20-12-16-22(17-13-20)25(8-3)9-4/h10-17,23H,6-9H2,1-5H3. The number of esters is 1. The fourth-order valence-corrected chi connectivity index (χ4v) is 3.39. The van der Waals surface area contributed by atoms with E-state index in [9.17, 15) is 4.79 Å². The van der Waals surface area contributed by atoms with Crippen LogP contribution in [-0.2, 0) is 9.53 Å². The molecule has 0 fully saturated rings. The second kappa shape index (κ2) is 10.0. The number of hydrogen-bond donors (Lipinski definition) is 0. The minimum Gasteiger partial charge on any atom is -0.453 e. The number of rotatable bonds is 9. The smallest absolute Gasteiger partial charge is 0.303 e. The molecule has 27 heavy (non-hydrogen) atoms. The van der Waals surface area contributed by atoms with Crippen LogP contribution in [0.1, 0.15) is 51.8 Å². The Bertz CT molecular complexity index is 647. The summed E-state index contributed by atoms with van der Waals surface area (Å²) in [5, 5.41) is 0. The van der Waals surface area contributed by atoms with Gasteiger partial charge >= 0.3 is 5.97 Å². The molecular weight excluding hydrogens is 336 g/mol. The first-order valence-electron chi connectivity index (χ1n) is 9.90. The van der Waals surface area contributed by atoms with Crippen molar-refractivity contribution in [3.8, 4) is 0 Å². The Kier molecular flexibility index (Phi) is 7.71. The highest BCUT2D eigenvalue weighted by atomic mass is 16.5. The highest BCUT2D eigenvalue weighted by Gasteiger charge is 2.18. The molecule has 0 N–H and O–H groups in total. The molecule has 2 aromatic rings. The van der Waals surface area contributed by atoms with Crippen LogP contribution in [0.25, 0.3) is 0 Å². The molecule has 4 nitrogen and oxygen atoms in total. The number of carbonyl (C=O) groups is 1. The average Bonchev–Trinajstić information content (AvgIpc) is 2.69. The van der Waals surface area contributed by atoms with E-state index in [0.29, 0.717) is 0 Å². The predicted octanol–water partition coefficient (Wildman–Crippen LogP) is 5.03. The molecule has 0 aromatic heterocycles. The van der Waals surface area contributed by atoms with E-state index < -0.39 is 0 Å². The molecule has 0 heterocycles. The van der Waals surface area contributed by atoms with E-state index in [1.165, 1.54) is 18.3 Å². The van der Waals surface area contributed by atoms with E-state index in [2.05, 4.69) is 86.0 Å². The van der Waals surface area contributed by atoms with Crippen molar-refractivity contribution in [1.82, 2.24) is 0 Å². The fourth-order valence-electron chi connectivity index (χ4n) is 3.39. The second-order valence-electron chi connectivity index (χ2n) is 6.52. The molecule has 0 saturated heterocycles. The van der Waals surface area contributed by atoms with E-state index >= 15 is 0 Å². The third-order valence-corrected chi connectivity index (χ3v) is 4.93. The number of ether oxygens (including phenoxy) is 1. The first-order valence-corrected chi connectivity index (χ1v) is 9.90. The van der Waals surface area contributed by atoms with Gasteiger partial charge in [0.25, 0.3) is 0 Å². The van der Waals surface area contributed by atoms with Crippen LogP contribution in [-0.4, -0.2) is 32.1 Å². The number of carbonyl (C=O) groups excluding carboxylic acids is 1. The zero-order valence-corrected chi connectivity index (χ0v) is 17.2. The summed E-state index contributed by atoms with van der Waals surface area (Å²) in [6, 6.07) is 16.6. The Morgan fingerprint density at radius 3 is 1.33 bits per heavy atom. The Morgan fingerprint density at radius 1 is 0.741 bits per heavy atom. The molecule has 0 radical (unpaired) electrons. The summed E-state index contributed by atoms with van der Waals surface area (Å²) in [7, 11) is 0. The lowest BCUT2D eigenvalue weighted by Gasteiger charge is -2.24. The van der Waals surface area contributed by atoms with Gasteiger partial charge in [-0.25, -0.2) is 0 Å². The molecule has 0 amide bonds. The summed E-state index contributed by atoms with van der Waals surface area (Å²) in [4.78, 5) is 16.3. The van der Waals surface area contributed by atoms with Gasteiger partial charge in [-0.1, -0.05) is 24.3 Å². The van der Waals surface area contributed by atoms with Gasteiger partial charge in [0.2, 0.25) is 0 Å². The van der Waals surface area contributed by atoms with Crippen molar-refractivity contribution in [1.29, 1.82) is 0 Å². The van der Waals surface area contributed by atoms with Gasteiger partial charge < -0.3 is 14.5 Å². The molecule has 0 atom stereocenters. The van der Waals surface area contributed by atoms with Crippen molar-refractivity contribution in [3.63, 3.8) is 0 Å². The molecule has 0 aliphatic carbocycles. The van der Waals surface area contributed by atoms with Crippen LogP contribution >= 0.6 is 0 Å². The van der Waals surface area contributed by atoms with Crippen molar-refractivity contribution < 1.29 is 9.53 Å². The van der Waals surface area contributed by atoms with Crippen molar-refractivity contribution in [3.05, 3.63) is 59.7 Å². The highest BCUT2D eigenvalue weighted by Crippen LogP contribution is 2.29. The topological polar surface area (TPSA) is 32.8 Å². The van der Waals surface area contributed by atoms with Gasteiger partial charge in [0.15, 0.2) is 6.10 Å². The van der Waals surface area contributed by atoms with Crippen molar-refractivity contribution >= 4 is 17.3 Å². The first kappa shape index (κ1) is 20.8. The fraction of sp³-hybridized carbons (Fsp3) is 0.435. The van der Waals surface area contributed by atoms with Crippen LogP contribution < -0.4 is 9.80 Å². The summed E-state index contributed by atoms with van der Waals surface area (Å²) < 4.78 is 5.66. The minimum absolute atomic E-state index is 0.277. The van der Waals surface area contributed by atoms with Gasteiger partial charge in [-0.15, -0.1) is 0 Å². The quantitative estimate of drug-likeness (QED) is 0.581. The molecule has 0 spiro atoms. The molecule has 4 heteroatoms. The third-order valence-electron chi connectivity index (χ3n) is 4.93. The van der Waals surface area contributed by atoms with Crippen molar-refractivity contribution in [2.75, 3.05) is 36.0 Å². The zero-order chi connectivity index (χ0) is 19.8. The lowest BCUT2D eigenvalue weighted by Crippen LogP contribution is -2.22. The molecule has 0 aliphatic rings. The largest absolute Gasteiger partial charge is 0.453 e. The lowest BCUT2D eigenvalue weighted by atomic mass is 10.0. The summed E-state index contributed by atoms with van der Waals surface area (Å²) in [5.74, 6) is -0.277. The van der Waals surface area contributed by atoms with E-state index in [0.717, 1.165) is 37.3 Å². The molecular formula is C23H32N2O2. The Labute approximate surface area is 163 Å². The molecule has 0 unspecified atom stereocenters. The average molecular weight is 369 g/mol.